The van der Waals surface area contributed by atoms with E-state index in [1.54, 1.807) is 31.3 Å². The third kappa shape index (κ3) is 5.23. The molecule has 1 aliphatic carbocycles. The number of nitrogens with one attached hydrogen (secondary N) is 2. The van der Waals surface area contributed by atoms with Gasteiger partial charge in [0.25, 0.3) is 0 Å². The van der Waals surface area contributed by atoms with Crippen molar-refractivity contribution in [2.24, 2.45) is 4.99 Å². The van der Waals surface area contributed by atoms with Crippen molar-refractivity contribution in [3.63, 3.8) is 0 Å². The van der Waals surface area contributed by atoms with Crippen LogP contribution >= 0.6 is 0 Å². The molecule has 0 saturated heterocycles. The van der Waals surface area contributed by atoms with Crippen molar-refractivity contribution >= 4 is 15.8 Å². The Bertz CT molecular complexity index is 608. The van der Waals surface area contributed by atoms with Crippen LogP contribution in [0.25, 0.3) is 0 Å². The minimum Gasteiger partial charge on any atom is -0.354 e. The SMILES string of the molecule is CCC(CS(=O)(=O)c1ccccc1)NC(=NC)NC1CCCC1. The molecule has 6 heteroatoms. The van der Waals surface area contributed by atoms with E-state index in [1.807, 2.05) is 13.0 Å². The second-order valence-electron chi connectivity index (χ2n) is 6.04. The molecule has 128 valence electrons. The maximum Gasteiger partial charge on any atom is 0.191 e. The van der Waals surface area contributed by atoms with Crippen LogP contribution in [-0.4, -0.2) is 39.3 Å². The number of hydrogen-bond donors (Lipinski definition) is 2. The van der Waals surface area contributed by atoms with Gasteiger partial charge in [-0.15, -0.1) is 0 Å². The first-order valence-electron chi connectivity index (χ1n) is 8.33. The van der Waals surface area contributed by atoms with Crippen molar-refractivity contribution in [3.05, 3.63) is 30.3 Å². The highest BCUT2D eigenvalue weighted by atomic mass is 32.2. The Morgan fingerprint density at radius 1 is 1.26 bits per heavy atom. The van der Waals surface area contributed by atoms with Crippen LogP contribution in [0.15, 0.2) is 40.2 Å². The zero-order valence-electron chi connectivity index (χ0n) is 14.0. The number of benzene rings is 1. The van der Waals surface area contributed by atoms with Crippen LogP contribution in [0.2, 0.25) is 0 Å². The molecule has 0 aliphatic heterocycles. The van der Waals surface area contributed by atoms with Crippen molar-refractivity contribution in [2.75, 3.05) is 12.8 Å². The number of sulfone groups is 1. The van der Waals surface area contributed by atoms with Crippen molar-refractivity contribution in [1.29, 1.82) is 0 Å². The number of hydrogen-bond acceptors (Lipinski definition) is 3. The monoisotopic (exact) mass is 337 g/mol. The molecule has 1 unspecified atom stereocenters. The van der Waals surface area contributed by atoms with Crippen molar-refractivity contribution in [2.45, 2.75) is 56.0 Å². The summed E-state index contributed by atoms with van der Waals surface area (Å²) in [5.41, 5.74) is 0. The minimum absolute atomic E-state index is 0.0683. The van der Waals surface area contributed by atoms with Gasteiger partial charge in [-0.05, 0) is 31.4 Å². The van der Waals surface area contributed by atoms with Gasteiger partial charge < -0.3 is 10.6 Å². The van der Waals surface area contributed by atoms with Crippen LogP contribution in [0.3, 0.4) is 0 Å². The lowest BCUT2D eigenvalue weighted by atomic mass is 10.2. The second-order valence-corrected chi connectivity index (χ2v) is 8.08. The molecule has 0 spiro atoms. The number of nitrogens with zero attached hydrogens (tertiary/aromatic N) is 1. The molecule has 2 rings (SSSR count). The first-order chi connectivity index (χ1) is 11.0. The van der Waals surface area contributed by atoms with E-state index >= 15 is 0 Å². The summed E-state index contributed by atoms with van der Waals surface area (Å²) in [5.74, 6) is 0.769. The average Bonchev–Trinajstić information content (AvgIpc) is 3.07. The van der Waals surface area contributed by atoms with Gasteiger partial charge >= 0.3 is 0 Å². The van der Waals surface area contributed by atoms with Gasteiger partial charge in [-0.2, -0.15) is 0 Å². The van der Waals surface area contributed by atoms with Gasteiger partial charge in [0.1, 0.15) is 0 Å². The molecular formula is C17H27N3O2S. The molecule has 0 bridgehead atoms. The topological polar surface area (TPSA) is 70.6 Å². The fraction of sp³-hybridized carbons (Fsp3) is 0.588. The summed E-state index contributed by atoms with van der Waals surface area (Å²) in [6.07, 6.45) is 5.51. The van der Waals surface area contributed by atoms with Crippen LogP contribution in [0, 0.1) is 0 Å². The predicted molar refractivity (Wildman–Crippen MR) is 94.5 cm³/mol. The maximum atomic E-state index is 12.5. The summed E-state index contributed by atoms with van der Waals surface area (Å²) in [4.78, 5) is 4.62. The summed E-state index contributed by atoms with van der Waals surface area (Å²) >= 11 is 0. The Balaban J connectivity index is 1.98. The van der Waals surface area contributed by atoms with Gasteiger partial charge in [0, 0.05) is 19.1 Å². The number of rotatable bonds is 6. The predicted octanol–water partition coefficient (Wildman–Crippen LogP) is 2.35. The van der Waals surface area contributed by atoms with E-state index < -0.39 is 9.84 Å². The lowest BCUT2D eigenvalue weighted by Gasteiger charge is -2.22. The largest absolute Gasteiger partial charge is 0.354 e. The molecule has 1 fully saturated rings. The molecule has 1 aliphatic rings. The number of aliphatic imine (C=N–C) groups is 1. The van der Waals surface area contributed by atoms with Crippen molar-refractivity contribution in [3.8, 4) is 0 Å². The van der Waals surface area contributed by atoms with Crippen LogP contribution < -0.4 is 10.6 Å². The second kappa shape index (κ2) is 8.34. The van der Waals surface area contributed by atoms with E-state index in [0.29, 0.717) is 16.9 Å². The Hall–Kier alpha value is -1.56. The van der Waals surface area contributed by atoms with Crippen LogP contribution in [-0.2, 0) is 9.84 Å². The molecule has 1 saturated carbocycles. The molecule has 0 amide bonds. The Morgan fingerprint density at radius 3 is 2.48 bits per heavy atom. The smallest absolute Gasteiger partial charge is 0.191 e. The van der Waals surface area contributed by atoms with Gasteiger partial charge in [-0.3, -0.25) is 4.99 Å². The normalized spacial score (nSPS) is 17.9. The molecule has 5 nitrogen and oxygen atoms in total. The van der Waals surface area contributed by atoms with Crippen LogP contribution in [0.4, 0.5) is 0 Å². The highest BCUT2D eigenvalue weighted by Gasteiger charge is 2.22. The molecule has 1 atom stereocenters. The number of guanidine groups is 1. The Kier molecular flexibility index (Phi) is 6.45. The molecule has 1 aromatic carbocycles. The third-order valence-electron chi connectivity index (χ3n) is 4.28. The van der Waals surface area contributed by atoms with Crippen molar-refractivity contribution in [1.82, 2.24) is 10.6 Å². The zero-order chi connectivity index (χ0) is 16.7. The fourth-order valence-electron chi connectivity index (χ4n) is 2.88. The standard InChI is InChI=1S/C17H27N3O2S/c1-3-14(13-23(21,22)16-11-5-4-6-12-16)19-17(18-2)20-15-9-7-8-10-15/h4-6,11-12,14-15H,3,7-10,13H2,1-2H3,(H2,18,19,20). The molecular weight excluding hydrogens is 310 g/mol. The molecule has 0 heterocycles. The first-order valence-corrected chi connectivity index (χ1v) is 9.98. The molecule has 0 aromatic heterocycles. The highest BCUT2D eigenvalue weighted by Crippen LogP contribution is 2.17. The summed E-state index contributed by atoms with van der Waals surface area (Å²) in [5, 5.41) is 6.67. The van der Waals surface area contributed by atoms with E-state index in [9.17, 15) is 8.42 Å². The van der Waals surface area contributed by atoms with Crippen LogP contribution in [0.5, 0.6) is 0 Å². The maximum absolute atomic E-state index is 12.5. The van der Waals surface area contributed by atoms with E-state index in [2.05, 4.69) is 15.6 Å². The van der Waals surface area contributed by atoms with E-state index in [4.69, 9.17) is 0 Å². The Morgan fingerprint density at radius 2 is 1.91 bits per heavy atom. The summed E-state index contributed by atoms with van der Waals surface area (Å²) in [6.45, 7) is 1.99. The third-order valence-corrected chi connectivity index (χ3v) is 6.11. The molecule has 0 radical (unpaired) electrons. The lowest BCUT2D eigenvalue weighted by molar-refractivity contribution is 0.558. The van der Waals surface area contributed by atoms with Gasteiger partial charge in [-0.1, -0.05) is 38.0 Å². The zero-order valence-corrected chi connectivity index (χ0v) is 14.8. The molecule has 1 aromatic rings. The molecule has 23 heavy (non-hydrogen) atoms. The lowest BCUT2D eigenvalue weighted by Crippen LogP contribution is -2.48. The van der Waals surface area contributed by atoms with E-state index in [1.165, 1.54) is 12.8 Å². The van der Waals surface area contributed by atoms with E-state index in [-0.39, 0.29) is 11.8 Å². The molecule has 2 N–H and O–H groups in total. The van der Waals surface area contributed by atoms with E-state index in [0.717, 1.165) is 19.3 Å². The summed E-state index contributed by atoms with van der Waals surface area (Å²) in [7, 11) is -1.57. The fourth-order valence-corrected chi connectivity index (χ4v) is 4.49. The van der Waals surface area contributed by atoms with Gasteiger partial charge in [-0.25, -0.2) is 8.42 Å². The average molecular weight is 337 g/mol. The quantitative estimate of drug-likeness (QED) is 0.617. The van der Waals surface area contributed by atoms with Crippen molar-refractivity contribution < 1.29 is 8.42 Å². The first kappa shape index (κ1) is 17.8. The highest BCUT2D eigenvalue weighted by molar-refractivity contribution is 7.91. The van der Waals surface area contributed by atoms with Gasteiger partial charge in [0.05, 0.1) is 10.6 Å². The summed E-state index contributed by atoms with van der Waals surface area (Å²) < 4.78 is 25.0. The minimum atomic E-state index is -3.30. The van der Waals surface area contributed by atoms with Gasteiger partial charge in [0.2, 0.25) is 0 Å². The summed E-state index contributed by atoms with van der Waals surface area (Å²) in [6, 6.07) is 8.91. The van der Waals surface area contributed by atoms with Crippen LogP contribution in [0.1, 0.15) is 39.0 Å². The Labute approximate surface area is 139 Å². The van der Waals surface area contributed by atoms with Gasteiger partial charge in [0.15, 0.2) is 15.8 Å².